The lowest BCUT2D eigenvalue weighted by atomic mass is 10.0. The largest absolute Gasteiger partial charge is 0.392 e. The zero-order valence-electron chi connectivity index (χ0n) is 15.1. The van der Waals surface area contributed by atoms with Crippen LogP contribution in [-0.4, -0.2) is 31.9 Å². The van der Waals surface area contributed by atoms with Crippen molar-refractivity contribution >= 4 is 21.5 Å². The molecule has 0 saturated carbocycles. The molecule has 4 N–H and O–H groups in total. The number of nitrogens with zero attached hydrogens (tertiary/aromatic N) is 1. The molecule has 1 amide bonds. The first-order chi connectivity index (χ1) is 13.0. The Balaban J connectivity index is 1.99. The van der Waals surface area contributed by atoms with Crippen LogP contribution in [0.5, 0.6) is 0 Å². The van der Waals surface area contributed by atoms with E-state index in [9.17, 15) is 27.3 Å². The molecular weight excluding hydrogens is 397 g/mol. The highest BCUT2D eigenvalue weighted by atomic mass is 32.2. The van der Waals surface area contributed by atoms with Gasteiger partial charge in [-0.25, -0.2) is 26.9 Å². The van der Waals surface area contributed by atoms with Crippen molar-refractivity contribution in [2.45, 2.75) is 36.8 Å². The van der Waals surface area contributed by atoms with Crippen LogP contribution in [0.4, 0.5) is 18.9 Å². The van der Waals surface area contributed by atoms with Gasteiger partial charge in [0.25, 0.3) is 5.91 Å². The molecule has 1 aliphatic rings. The average Bonchev–Trinajstić information content (AvgIpc) is 2.87. The minimum absolute atomic E-state index is 0.0631. The van der Waals surface area contributed by atoms with Gasteiger partial charge in [-0.05, 0) is 19.8 Å². The predicted molar refractivity (Wildman–Crippen MR) is 95.7 cm³/mol. The maximum absolute atomic E-state index is 13.4. The number of halogens is 3. The van der Waals surface area contributed by atoms with Crippen LogP contribution in [0.2, 0.25) is 0 Å². The summed E-state index contributed by atoms with van der Waals surface area (Å²) in [5.74, 6) is -5.28. The Morgan fingerprint density at radius 3 is 2.57 bits per heavy atom. The van der Waals surface area contributed by atoms with Gasteiger partial charge in [-0.2, -0.15) is 0 Å². The van der Waals surface area contributed by atoms with Gasteiger partial charge in [0.15, 0.2) is 17.5 Å². The molecule has 0 aliphatic carbocycles. The van der Waals surface area contributed by atoms with Crippen molar-refractivity contribution in [1.29, 1.82) is 4.78 Å². The Morgan fingerprint density at radius 1 is 1.39 bits per heavy atom. The third-order valence-electron chi connectivity index (χ3n) is 4.62. The van der Waals surface area contributed by atoms with E-state index >= 15 is 0 Å². The molecule has 2 aromatic rings. The number of rotatable bonds is 3. The van der Waals surface area contributed by atoms with Crippen LogP contribution < -0.4 is 10.0 Å². The number of hydrogen-bond acceptors (Lipinski definition) is 4. The van der Waals surface area contributed by atoms with Crippen LogP contribution in [0.1, 0.15) is 29.4 Å². The zero-order valence-corrected chi connectivity index (χ0v) is 15.9. The first-order valence-corrected chi connectivity index (χ1v) is 9.95. The number of aromatic nitrogens is 1. The van der Waals surface area contributed by atoms with Crippen molar-refractivity contribution in [3.8, 4) is 0 Å². The number of carbonyl (C=O) groups is 1. The summed E-state index contributed by atoms with van der Waals surface area (Å²) in [6, 6.07) is 0.701. The lowest BCUT2D eigenvalue weighted by Crippen LogP contribution is -2.40. The Bertz CT molecular complexity index is 1030. The highest BCUT2D eigenvalue weighted by Crippen LogP contribution is 2.29. The van der Waals surface area contributed by atoms with E-state index in [0.717, 1.165) is 0 Å². The molecule has 1 aromatic heterocycles. The van der Waals surface area contributed by atoms with Crippen LogP contribution in [-0.2, 0) is 23.4 Å². The number of aliphatic hydroxyl groups excluding tert-OH is 1. The molecule has 0 bridgehead atoms. The summed E-state index contributed by atoms with van der Waals surface area (Å²) in [6.45, 7) is 1.51. The quantitative estimate of drug-likeness (QED) is 0.577. The van der Waals surface area contributed by atoms with Crippen LogP contribution in [0, 0.1) is 22.2 Å². The van der Waals surface area contributed by atoms with Gasteiger partial charge in [-0.1, -0.05) is 0 Å². The normalized spacial score (nSPS) is 23.0. The topological polar surface area (TPSA) is 107 Å². The molecule has 1 aromatic carbocycles. The van der Waals surface area contributed by atoms with Gasteiger partial charge in [-0.15, -0.1) is 0 Å². The van der Waals surface area contributed by atoms with E-state index in [4.69, 9.17) is 4.78 Å². The monoisotopic (exact) mass is 416 g/mol. The fraction of sp³-hybridized carbons (Fsp3) is 0.353. The molecule has 152 valence electrons. The van der Waals surface area contributed by atoms with Crippen molar-refractivity contribution in [2.75, 3.05) is 5.32 Å². The Labute approximate surface area is 159 Å². The fourth-order valence-corrected chi connectivity index (χ4v) is 4.95. The Hall–Kier alpha value is -2.37. The highest BCUT2D eigenvalue weighted by Gasteiger charge is 2.32. The summed E-state index contributed by atoms with van der Waals surface area (Å²) in [4.78, 5) is 12.8. The van der Waals surface area contributed by atoms with E-state index in [2.05, 4.69) is 10.0 Å². The molecule has 0 saturated heterocycles. The van der Waals surface area contributed by atoms with Crippen molar-refractivity contribution in [3.05, 3.63) is 47.0 Å². The molecule has 0 fully saturated rings. The Kier molecular flexibility index (Phi) is 5.26. The molecule has 28 heavy (non-hydrogen) atoms. The molecule has 2 heterocycles. The van der Waals surface area contributed by atoms with E-state index in [1.54, 1.807) is 0 Å². The molecule has 7 nitrogen and oxygen atoms in total. The molecular formula is C17H19F3N4O3S. The number of aliphatic hydroxyl groups is 1. The van der Waals surface area contributed by atoms with E-state index in [0.29, 0.717) is 24.1 Å². The van der Waals surface area contributed by atoms with Gasteiger partial charge in [-0.3, -0.25) is 4.79 Å². The highest BCUT2D eigenvalue weighted by molar-refractivity contribution is 7.90. The lowest BCUT2D eigenvalue weighted by molar-refractivity contribution is 0.101. The second-order valence-electron chi connectivity index (χ2n) is 6.70. The second-order valence-corrected chi connectivity index (χ2v) is 8.49. The maximum Gasteiger partial charge on any atom is 0.272 e. The minimum atomic E-state index is -3.48. The number of hydrogen-bond donors (Lipinski definition) is 4. The number of fused-ring (bicyclic) bond motifs is 1. The summed E-state index contributed by atoms with van der Waals surface area (Å²) in [5.41, 5.74) is 0.128. The third-order valence-corrected chi connectivity index (χ3v) is 6.22. The molecule has 3 rings (SSSR count). The van der Waals surface area contributed by atoms with E-state index in [1.165, 1.54) is 24.7 Å². The molecule has 11 heteroatoms. The molecule has 3 atom stereocenters. The van der Waals surface area contributed by atoms with E-state index in [-0.39, 0.29) is 22.7 Å². The van der Waals surface area contributed by atoms with Crippen LogP contribution in [0.3, 0.4) is 0 Å². The molecule has 0 radical (unpaired) electrons. The maximum atomic E-state index is 13.4. The van der Waals surface area contributed by atoms with Crippen LogP contribution in [0.25, 0.3) is 0 Å². The summed E-state index contributed by atoms with van der Waals surface area (Å²) in [7, 11) is -1.97. The van der Waals surface area contributed by atoms with Crippen molar-refractivity contribution in [3.63, 3.8) is 0 Å². The lowest BCUT2D eigenvalue weighted by Gasteiger charge is -2.19. The number of carbonyl (C=O) groups excluding carboxylic acids is 1. The van der Waals surface area contributed by atoms with Crippen molar-refractivity contribution in [1.82, 2.24) is 9.29 Å². The SMILES string of the molecule is C[C@H](O)[C@H]1CCc2c(cn(C)c2C(=O)Nc2cc(F)c(F)c(F)c2)S(=N)(=O)N1. The van der Waals surface area contributed by atoms with Crippen molar-refractivity contribution < 1.29 is 27.3 Å². The first kappa shape index (κ1) is 20.4. The molecule has 0 spiro atoms. The molecule has 1 unspecified atom stereocenters. The summed E-state index contributed by atoms with van der Waals surface area (Å²) < 4.78 is 64.8. The van der Waals surface area contributed by atoms with Gasteiger partial charge in [0.1, 0.15) is 15.6 Å². The van der Waals surface area contributed by atoms with Crippen LogP contribution in [0.15, 0.2) is 23.2 Å². The smallest absolute Gasteiger partial charge is 0.272 e. The van der Waals surface area contributed by atoms with Crippen LogP contribution >= 0.6 is 0 Å². The summed E-state index contributed by atoms with van der Waals surface area (Å²) in [6.07, 6.45) is 1.10. The second kappa shape index (κ2) is 7.22. The summed E-state index contributed by atoms with van der Waals surface area (Å²) >= 11 is 0. The number of amides is 1. The van der Waals surface area contributed by atoms with Gasteiger partial charge >= 0.3 is 0 Å². The van der Waals surface area contributed by atoms with Gasteiger partial charge in [0.05, 0.1) is 11.0 Å². The van der Waals surface area contributed by atoms with Crippen molar-refractivity contribution in [2.24, 2.45) is 7.05 Å². The number of aryl methyl sites for hydroxylation is 1. The number of benzene rings is 1. The number of anilines is 1. The molecule has 1 aliphatic heterocycles. The zero-order chi connectivity index (χ0) is 20.8. The van der Waals surface area contributed by atoms with E-state index < -0.39 is 45.4 Å². The average molecular weight is 416 g/mol. The summed E-state index contributed by atoms with van der Waals surface area (Å²) in [5, 5.41) is 12.1. The van der Waals surface area contributed by atoms with E-state index in [1.807, 2.05) is 0 Å². The standard InChI is InChI=1S/C17H19F3N4O3S/c1-8(25)13-4-3-10-14(28(21,27)23-13)7-24(2)16(10)17(26)22-9-5-11(18)15(20)12(19)6-9/h5-8,13,25H,3-4H2,1-2H3,(H,22,26)(H2,21,23,27)/t8-,13+,28?/m0/s1. The minimum Gasteiger partial charge on any atom is -0.392 e. The fourth-order valence-electron chi connectivity index (χ4n) is 3.23. The Morgan fingerprint density at radius 2 is 2.00 bits per heavy atom. The van der Waals surface area contributed by atoms with Gasteiger partial charge in [0.2, 0.25) is 0 Å². The van der Waals surface area contributed by atoms with Gasteiger partial charge in [0, 0.05) is 42.7 Å². The third kappa shape index (κ3) is 3.64. The number of nitrogens with one attached hydrogen (secondary N) is 3. The first-order valence-electron chi connectivity index (χ1n) is 8.39. The van der Waals surface area contributed by atoms with Gasteiger partial charge < -0.3 is 15.0 Å². The predicted octanol–water partition coefficient (Wildman–Crippen LogP) is 2.30.